The van der Waals surface area contributed by atoms with Crippen molar-refractivity contribution in [3.05, 3.63) is 64.4 Å². The van der Waals surface area contributed by atoms with E-state index in [9.17, 15) is 9.50 Å². The zero-order valence-electron chi connectivity index (χ0n) is 10.5. The van der Waals surface area contributed by atoms with Crippen molar-refractivity contribution in [2.45, 2.75) is 13.0 Å². The SMILES string of the molecule is Cc1ccc(NCC(O)c2ccccc2F)c(Cl)c1. The minimum Gasteiger partial charge on any atom is -0.386 e. The molecule has 0 aliphatic heterocycles. The van der Waals surface area contributed by atoms with Crippen LogP contribution < -0.4 is 5.32 Å². The summed E-state index contributed by atoms with van der Waals surface area (Å²) in [6.45, 7) is 2.15. The van der Waals surface area contributed by atoms with Crippen molar-refractivity contribution in [2.75, 3.05) is 11.9 Å². The maximum absolute atomic E-state index is 13.5. The number of aliphatic hydroxyl groups excluding tert-OH is 1. The molecule has 0 radical (unpaired) electrons. The van der Waals surface area contributed by atoms with Crippen LogP contribution >= 0.6 is 11.6 Å². The quantitative estimate of drug-likeness (QED) is 0.889. The highest BCUT2D eigenvalue weighted by molar-refractivity contribution is 6.33. The van der Waals surface area contributed by atoms with Gasteiger partial charge in [0.25, 0.3) is 0 Å². The van der Waals surface area contributed by atoms with Gasteiger partial charge in [-0.3, -0.25) is 0 Å². The van der Waals surface area contributed by atoms with Gasteiger partial charge >= 0.3 is 0 Å². The van der Waals surface area contributed by atoms with Crippen molar-refractivity contribution in [1.29, 1.82) is 0 Å². The molecule has 1 atom stereocenters. The van der Waals surface area contributed by atoms with Gasteiger partial charge in [-0.2, -0.15) is 0 Å². The van der Waals surface area contributed by atoms with Crippen molar-refractivity contribution in [3.8, 4) is 0 Å². The highest BCUT2D eigenvalue weighted by Crippen LogP contribution is 2.24. The number of hydrogen-bond acceptors (Lipinski definition) is 2. The summed E-state index contributed by atoms with van der Waals surface area (Å²) in [5, 5.41) is 13.6. The Bertz CT molecular complexity index is 574. The van der Waals surface area contributed by atoms with Gasteiger partial charge in [0.1, 0.15) is 5.82 Å². The van der Waals surface area contributed by atoms with E-state index in [2.05, 4.69) is 5.32 Å². The summed E-state index contributed by atoms with van der Waals surface area (Å²) >= 11 is 6.07. The normalized spacial score (nSPS) is 12.2. The maximum Gasteiger partial charge on any atom is 0.129 e. The van der Waals surface area contributed by atoms with E-state index in [-0.39, 0.29) is 12.1 Å². The van der Waals surface area contributed by atoms with Crippen molar-refractivity contribution in [1.82, 2.24) is 0 Å². The largest absolute Gasteiger partial charge is 0.386 e. The minimum atomic E-state index is -0.918. The minimum absolute atomic E-state index is 0.198. The summed E-state index contributed by atoms with van der Waals surface area (Å²) in [6, 6.07) is 11.8. The van der Waals surface area contributed by atoms with Gasteiger partial charge in [-0.15, -0.1) is 0 Å². The van der Waals surface area contributed by atoms with E-state index in [0.717, 1.165) is 11.3 Å². The van der Waals surface area contributed by atoms with Gasteiger partial charge in [0.05, 0.1) is 16.8 Å². The molecule has 0 saturated carbocycles. The van der Waals surface area contributed by atoms with Gasteiger partial charge in [0, 0.05) is 12.1 Å². The van der Waals surface area contributed by atoms with Gasteiger partial charge in [-0.05, 0) is 30.7 Å². The molecule has 0 spiro atoms. The molecule has 0 heterocycles. The van der Waals surface area contributed by atoms with E-state index in [1.54, 1.807) is 18.2 Å². The highest BCUT2D eigenvalue weighted by Gasteiger charge is 2.12. The molecule has 2 rings (SSSR count). The Labute approximate surface area is 116 Å². The van der Waals surface area contributed by atoms with E-state index < -0.39 is 11.9 Å². The summed E-state index contributed by atoms with van der Waals surface area (Å²) in [4.78, 5) is 0. The molecular formula is C15H15ClFNO. The summed E-state index contributed by atoms with van der Waals surface area (Å²) in [5.41, 5.74) is 2.06. The number of anilines is 1. The molecule has 0 amide bonds. The Kier molecular flexibility index (Phi) is 4.40. The molecule has 2 N–H and O–H groups in total. The fourth-order valence-electron chi connectivity index (χ4n) is 1.83. The van der Waals surface area contributed by atoms with Gasteiger partial charge in [0.15, 0.2) is 0 Å². The molecule has 0 aliphatic rings. The van der Waals surface area contributed by atoms with Crippen LogP contribution in [0.3, 0.4) is 0 Å². The number of aliphatic hydroxyl groups is 1. The Balaban J connectivity index is 2.04. The highest BCUT2D eigenvalue weighted by atomic mass is 35.5. The zero-order chi connectivity index (χ0) is 13.8. The molecular weight excluding hydrogens is 265 g/mol. The third-order valence-corrected chi connectivity index (χ3v) is 3.19. The molecule has 0 fully saturated rings. The number of hydrogen-bond donors (Lipinski definition) is 2. The number of aryl methyl sites for hydroxylation is 1. The van der Waals surface area contributed by atoms with Crippen molar-refractivity contribution in [2.24, 2.45) is 0 Å². The van der Waals surface area contributed by atoms with Crippen molar-refractivity contribution in [3.63, 3.8) is 0 Å². The summed E-state index contributed by atoms with van der Waals surface area (Å²) in [6.07, 6.45) is -0.918. The first-order chi connectivity index (χ1) is 9.08. The average molecular weight is 280 g/mol. The molecule has 19 heavy (non-hydrogen) atoms. The van der Waals surface area contributed by atoms with E-state index in [0.29, 0.717) is 5.02 Å². The van der Waals surface area contributed by atoms with Crippen LogP contribution in [0.1, 0.15) is 17.2 Å². The smallest absolute Gasteiger partial charge is 0.129 e. The topological polar surface area (TPSA) is 32.3 Å². The van der Waals surface area contributed by atoms with Crippen LogP contribution in [0.25, 0.3) is 0 Å². The third-order valence-electron chi connectivity index (χ3n) is 2.87. The fraction of sp³-hybridized carbons (Fsp3) is 0.200. The second-order valence-electron chi connectivity index (χ2n) is 4.40. The van der Waals surface area contributed by atoms with E-state index in [1.165, 1.54) is 6.07 Å². The molecule has 2 aromatic carbocycles. The lowest BCUT2D eigenvalue weighted by Crippen LogP contribution is -2.13. The third kappa shape index (κ3) is 3.46. The second kappa shape index (κ2) is 6.04. The van der Waals surface area contributed by atoms with Crippen LogP contribution in [-0.4, -0.2) is 11.7 Å². The molecule has 100 valence electrons. The first-order valence-electron chi connectivity index (χ1n) is 6.00. The van der Waals surface area contributed by atoms with Crippen LogP contribution in [-0.2, 0) is 0 Å². The van der Waals surface area contributed by atoms with Gasteiger partial charge in [-0.1, -0.05) is 35.9 Å². The average Bonchev–Trinajstić information content (AvgIpc) is 2.38. The number of nitrogens with one attached hydrogen (secondary N) is 1. The Morgan fingerprint density at radius 2 is 2.00 bits per heavy atom. The van der Waals surface area contributed by atoms with E-state index >= 15 is 0 Å². The molecule has 0 bridgehead atoms. The predicted octanol–water partition coefficient (Wildman–Crippen LogP) is 3.93. The fourth-order valence-corrected chi connectivity index (χ4v) is 2.13. The second-order valence-corrected chi connectivity index (χ2v) is 4.81. The first kappa shape index (κ1) is 13.8. The number of rotatable bonds is 4. The molecule has 2 aromatic rings. The first-order valence-corrected chi connectivity index (χ1v) is 6.38. The molecule has 2 nitrogen and oxygen atoms in total. The lowest BCUT2D eigenvalue weighted by molar-refractivity contribution is 0.186. The molecule has 0 aromatic heterocycles. The standard InChI is InChI=1S/C15H15ClFNO/c1-10-6-7-14(12(16)8-10)18-9-15(19)11-4-2-3-5-13(11)17/h2-8,15,18-19H,9H2,1H3. The summed E-state index contributed by atoms with van der Waals surface area (Å²) < 4.78 is 13.5. The van der Waals surface area contributed by atoms with Crippen LogP contribution in [0, 0.1) is 12.7 Å². The predicted molar refractivity (Wildman–Crippen MR) is 76.0 cm³/mol. The lowest BCUT2D eigenvalue weighted by atomic mass is 10.1. The van der Waals surface area contributed by atoms with Crippen molar-refractivity contribution >= 4 is 17.3 Å². The lowest BCUT2D eigenvalue weighted by Gasteiger charge is -2.15. The monoisotopic (exact) mass is 279 g/mol. The van der Waals surface area contributed by atoms with Crippen LogP contribution in [0.4, 0.5) is 10.1 Å². The van der Waals surface area contributed by atoms with Crippen molar-refractivity contribution < 1.29 is 9.50 Å². The molecule has 1 unspecified atom stereocenters. The summed E-state index contributed by atoms with van der Waals surface area (Å²) in [5.74, 6) is -0.410. The Morgan fingerprint density at radius 1 is 1.26 bits per heavy atom. The van der Waals surface area contributed by atoms with Gasteiger partial charge in [0.2, 0.25) is 0 Å². The van der Waals surface area contributed by atoms with Crippen LogP contribution in [0.2, 0.25) is 5.02 Å². The van der Waals surface area contributed by atoms with Crippen LogP contribution in [0.5, 0.6) is 0 Å². The number of benzene rings is 2. The summed E-state index contributed by atoms with van der Waals surface area (Å²) in [7, 11) is 0. The van der Waals surface area contributed by atoms with E-state index in [4.69, 9.17) is 11.6 Å². The Morgan fingerprint density at radius 3 is 2.68 bits per heavy atom. The zero-order valence-corrected chi connectivity index (χ0v) is 11.3. The molecule has 0 saturated heterocycles. The van der Waals surface area contributed by atoms with Gasteiger partial charge < -0.3 is 10.4 Å². The molecule has 0 aliphatic carbocycles. The number of halogens is 2. The van der Waals surface area contributed by atoms with Gasteiger partial charge in [-0.25, -0.2) is 4.39 Å². The van der Waals surface area contributed by atoms with Crippen LogP contribution in [0.15, 0.2) is 42.5 Å². The molecule has 4 heteroatoms. The maximum atomic E-state index is 13.5. The Hall–Kier alpha value is -1.58. The van der Waals surface area contributed by atoms with E-state index in [1.807, 2.05) is 25.1 Å².